The maximum absolute atomic E-state index is 12.8. The standard InChI is InChI=1S/C19H18FN3O3/c20-14-5-3-13(4-6-14)19(26)21-12-17(24)22-15-7-9-16(10-8-15)23-11-1-2-18(23)25/h3-10H,1-2,11-12H2,(H,21,26)(H,22,24). The highest BCUT2D eigenvalue weighted by molar-refractivity contribution is 5.99. The van der Waals surface area contributed by atoms with Gasteiger partial charge in [0.05, 0.1) is 6.54 Å². The molecule has 0 spiro atoms. The van der Waals surface area contributed by atoms with Gasteiger partial charge in [0.1, 0.15) is 5.82 Å². The van der Waals surface area contributed by atoms with Crippen molar-refractivity contribution < 1.29 is 18.8 Å². The van der Waals surface area contributed by atoms with Gasteiger partial charge in [0.15, 0.2) is 0 Å². The van der Waals surface area contributed by atoms with Crippen molar-refractivity contribution in [3.8, 4) is 0 Å². The largest absolute Gasteiger partial charge is 0.343 e. The number of benzene rings is 2. The van der Waals surface area contributed by atoms with Crippen LogP contribution in [0, 0.1) is 5.82 Å². The molecule has 0 unspecified atom stereocenters. The zero-order valence-electron chi connectivity index (χ0n) is 14.0. The summed E-state index contributed by atoms with van der Waals surface area (Å²) in [5.41, 5.74) is 1.65. The number of hydrogen-bond acceptors (Lipinski definition) is 3. The minimum atomic E-state index is -0.456. The Bertz CT molecular complexity index is 819. The van der Waals surface area contributed by atoms with E-state index >= 15 is 0 Å². The number of anilines is 2. The Morgan fingerprint density at radius 2 is 1.73 bits per heavy atom. The average Bonchev–Trinajstić information content (AvgIpc) is 3.07. The van der Waals surface area contributed by atoms with E-state index in [0.717, 1.165) is 12.1 Å². The molecule has 0 radical (unpaired) electrons. The van der Waals surface area contributed by atoms with Gasteiger partial charge in [-0.05, 0) is 55.0 Å². The topological polar surface area (TPSA) is 78.5 Å². The Hall–Kier alpha value is -3.22. The predicted molar refractivity (Wildman–Crippen MR) is 95.4 cm³/mol. The molecule has 134 valence electrons. The normalized spacial score (nSPS) is 13.6. The van der Waals surface area contributed by atoms with Gasteiger partial charge in [-0.25, -0.2) is 4.39 Å². The number of nitrogens with one attached hydrogen (secondary N) is 2. The molecular formula is C19H18FN3O3. The van der Waals surface area contributed by atoms with Gasteiger partial charge in [0, 0.05) is 29.9 Å². The van der Waals surface area contributed by atoms with E-state index in [-0.39, 0.29) is 23.9 Å². The number of carbonyl (C=O) groups is 3. The number of nitrogens with zero attached hydrogens (tertiary/aromatic N) is 1. The first-order chi connectivity index (χ1) is 12.5. The van der Waals surface area contributed by atoms with E-state index in [1.54, 1.807) is 29.2 Å². The summed E-state index contributed by atoms with van der Waals surface area (Å²) >= 11 is 0. The molecule has 1 aliphatic rings. The third-order valence-corrected chi connectivity index (χ3v) is 4.05. The lowest BCUT2D eigenvalue weighted by Crippen LogP contribution is -2.32. The van der Waals surface area contributed by atoms with Gasteiger partial charge in [0.25, 0.3) is 5.91 Å². The number of halogens is 1. The van der Waals surface area contributed by atoms with E-state index in [9.17, 15) is 18.8 Å². The summed E-state index contributed by atoms with van der Waals surface area (Å²) in [5, 5.41) is 5.14. The zero-order chi connectivity index (χ0) is 18.5. The third-order valence-electron chi connectivity index (χ3n) is 4.05. The van der Waals surface area contributed by atoms with Crippen molar-refractivity contribution in [3.05, 3.63) is 59.9 Å². The molecule has 0 atom stereocenters. The van der Waals surface area contributed by atoms with Crippen molar-refractivity contribution in [2.24, 2.45) is 0 Å². The highest BCUT2D eigenvalue weighted by Gasteiger charge is 2.21. The Balaban J connectivity index is 1.50. The molecule has 1 fully saturated rings. The second-order valence-corrected chi connectivity index (χ2v) is 5.93. The Morgan fingerprint density at radius 1 is 1.04 bits per heavy atom. The fourth-order valence-corrected chi connectivity index (χ4v) is 2.71. The van der Waals surface area contributed by atoms with Gasteiger partial charge in [-0.15, -0.1) is 0 Å². The maximum atomic E-state index is 12.8. The predicted octanol–water partition coefficient (Wildman–Crippen LogP) is 2.32. The lowest BCUT2D eigenvalue weighted by atomic mass is 10.2. The number of rotatable bonds is 5. The quantitative estimate of drug-likeness (QED) is 0.864. The summed E-state index contributed by atoms with van der Waals surface area (Å²) in [7, 11) is 0. The first-order valence-electron chi connectivity index (χ1n) is 8.27. The molecule has 1 heterocycles. The molecule has 7 heteroatoms. The summed E-state index contributed by atoms with van der Waals surface area (Å²) in [6.45, 7) is 0.503. The molecule has 0 aliphatic carbocycles. The molecule has 1 saturated heterocycles. The monoisotopic (exact) mass is 355 g/mol. The van der Waals surface area contributed by atoms with E-state index in [2.05, 4.69) is 10.6 Å². The zero-order valence-corrected chi connectivity index (χ0v) is 14.0. The first-order valence-corrected chi connectivity index (χ1v) is 8.27. The van der Waals surface area contributed by atoms with Crippen molar-refractivity contribution in [3.63, 3.8) is 0 Å². The Labute approximate surface area is 150 Å². The van der Waals surface area contributed by atoms with Crippen molar-refractivity contribution in [2.75, 3.05) is 23.3 Å². The van der Waals surface area contributed by atoms with E-state index < -0.39 is 11.7 Å². The van der Waals surface area contributed by atoms with Crippen LogP contribution in [0.25, 0.3) is 0 Å². The van der Waals surface area contributed by atoms with Gasteiger partial charge >= 0.3 is 0 Å². The van der Waals surface area contributed by atoms with E-state index in [4.69, 9.17) is 0 Å². The van der Waals surface area contributed by atoms with Crippen molar-refractivity contribution in [1.29, 1.82) is 0 Å². The van der Waals surface area contributed by atoms with Gasteiger partial charge in [-0.2, -0.15) is 0 Å². The fraction of sp³-hybridized carbons (Fsp3) is 0.211. The van der Waals surface area contributed by atoms with Crippen molar-refractivity contribution in [1.82, 2.24) is 5.32 Å². The van der Waals surface area contributed by atoms with Crippen LogP contribution in [-0.4, -0.2) is 30.8 Å². The number of amides is 3. The Morgan fingerprint density at radius 3 is 2.35 bits per heavy atom. The molecule has 0 bridgehead atoms. The lowest BCUT2D eigenvalue weighted by molar-refractivity contribution is -0.117. The van der Waals surface area contributed by atoms with Crippen LogP contribution in [0.15, 0.2) is 48.5 Å². The second-order valence-electron chi connectivity index (χ2n) is 5.93. The van der Waals surface area contributed by atoms with Crippen LogP contribution in [0.1, 0.15) is 23.2 Å². The van der Waals surface area contributed by atoms with Gasteiger partial charge < -0.3 is 15.5 Å². The van der Waals surface area contributed by atoms with Crippen LogP contribution >= 0.6 is 0 Å². The number of hydrogen-bond donors (Lipinski definition) is 2. The van der Waals surface area contributed by atoms with Gasteiger partial charge in [0.2, 0.25) is 11.8 Å². The molecule has 2 N–H and O–H groups in total. The summed E-state index contributed by atoms with van der Waals surface area (Å²) < 4.78 is 12.8. The molecule has 3 amide bonds. The summed E-state index contributed by atoms with van der Waals surface area (Å²) in [5.74, 6) is -1.17. The van der Waals surface area contributed by atoms with Gasteiger partial charge in [-0.3, -0.25) is 14.4 Å². The highest BCUT2D eigenvalue weighted by atomic mass is 19.1. The molecule has 0 aromatic heterocycles. The second kappa shape index (κ2) is 7.77. The fourth-order valence-electron chi connectivity index (χ4n) is 2.71. The molecule has 3 rings (SSSR count). The highest BCUT2D eigenvalue weighted by Crippen LogP contribution is 2.22. The van der Waals surface area contributed by atoms with Crippen LogP contribution in [0.4, 0.5) is 15.8 Å². The smallest absolute Gasteiger partial charge is 0.251 e. The third kappa shape index (κ3) is 4.24. The minimum absolute atomic E-state index is 0.102. The van der Waals surface area contributed by atoms with E-state index in [1.165, 1.54) is 24.3 Å². The maximum Gasteiger partial charge on any atom is 0.251 e. The molecular weight excluding hydrogens is 337 g/mol. The van der Waals surface area contributed by atoms with Crippen LogP contribution in [0.5, 0.6) is 0 Å². The minimum Gasteiger partial charge on any atom is -0.343 e. The van der Waals surface area contributed by atoms with Crippen LogP contribution < -0.4 is 15.5 Å². The Kier molecular flexibility index (Phi) is 5.26. The van der Waals surface area contributed by atoms with Crippen LogP contribution in [0.3, 0.4) is 0 Å². The number of carbonyl (C=O) groups excluding carboxylic acids is 3. The summed E-state index contributed by atoms with van der Waals surface area (Å²) in [6.07, 6.45) is 1.41. The van der Waals surface area contributed by atoms with Crippen LogP contribution in [-0.2, 0) is 9.59 Å². The summed E-state index contributed by atoms with van der Waals surface area (Å²) in [4.78, 5) is 37.3. The van der Waals surface area contributed by atoms with Gasteiger partial charge in [-0.1, -0.05) is 0 Å². The first kappa shape index (κ1) is 17.6. The molecule has 2 aromatic carbocycles. The average molecular weight is 355 g/mol. The summed E-state index contributed by atoms with van der Waals surface area (Å²) in [6, 6.07) is 12.0. The molecule has 6 nitrogen and oxygen atoms in total. The van der Waals surface area contributed by atoms with Crippen LogP contribution in [0.2, 0.25) is 0 Å². The van der Waals surface area contributed by atoms with E-state index in [1.807, 2.05) is 0 Å². The molecule has 0 saturated carbocycles. The van der Waals surface area contributed by atoms with Crippen molar-refractivity contribution in [2.45, 2.75) is 12.8 Å². The molecule has 26 heavy (non-hydrogen) atoms. The van der Waals surface area contributed by atoms with Crippen molar-refractivity contribution >= 4 is 29.1 Å². The SMILES string of the molecule is O=C(CNC(=O)c1ccc(F)cc1)Nc1ccc(N2CCCC2=O)cc1. The molecule has 1 aliphatic heterocycles. The molecule has 2 aromatic rings. The van der Waals surface area contributed by atoms with E-state index in [0.29, 0.717) is 18.7 Å². The lowest BCUT2D eigenvalue weighted by Gasteiger charge is -2.16.